The summed E-state index contributed by atoms with van der Waals surface area (Å²) in [5.41, 5.74) is 1.62. The van der Waals surface area contributed by atoms with Crippen LogP contribution in [0.3, 0.4) is 0 Å². The number of nitriles is 1. The Morgan fingerprint density at radius 1 is 1.14 bits per heavy atom. The topological polar surface area (TPSA) is 100 Å². The smallest absolute Gasteiger partial charge is 0.262 e. The predicted octanol–water partition coefficient (Wildman–Crippen LogP) is 5.29. The van der Waals surface area contributed by atoms with Gasteiger partial charge in [-0.1, -0.05) is 41.9 Å². The van der Waals surface area contributed by atoms with E-state index < -0.39 is 17.6 Å². The Hall–Kier alpha value is -4.35. The van der Waals surface area contributed by atoms with Crippen LogP contribution < -0.4 is 20.1 Å². The second-order valence-electron chi connectivity index (χ2n) is 7.65. The van der Waals surface area contributed by atoms with Gasteiger partial charge in [0.25, 0.3) is 11.8 Å². The van der Waals surface area contributed by atoms with E-state index in [9.17, 15) is 19.2 Å². The summed E-state index contributed by atoms with van der Waals surface area (Å²) in [5, 5.41) is 15.0. The van der Waals surface area contributed by atoms with Gasteiger partial charge in [-0.05, 0) is 60.5 Å². The predicted molar refractivity (Wildman–Crippen MR) is 135 cm³/mol. The summed E-state index contributed by atoms with van der Waals surface area (Å²) in [6.45, 7) is 1.44. The molecule has 0 bridgehead atoms. The molecule has 3 rings (SSSR count). The van der Waals surface area contributed by atoms with Gasteiger partial charge in [0.05, 0.1) is 18.2 Å². The Labute approximate surface area is 213 Å². The van der Waals surface area contributed by atoms with Crippen molar-refractivity contribution in [3.05, 3.63) is 94.3 Å². The molecule has 0 radical (unpaired) electrons. The van der Waals surface area contributed by atoms with Crippen LogP contribution in [-0.2, 0) is 9.59 Å². The number of benzene rings is 3. The third-order valence-corrected chi connectivity index (χ3v) is 5.33. The molecule has 0 aliphatic heterocycles. The molecule has 1 atom stereocenters. The van der Waals surface area contributed by atoms with Gasteiger partial charge in [-0.15, -0.1) is 0 Å². The Morgan fingerprint density at radius 3 is 2.47 bits per heavy atom. The highest BCUT2D eigenvalue weighted by molar-refractivity contribution is 6.32. The number of methoxy groups -OCH3 is 1. The van der Waals surface area contributed by atoms with Crippen molar-refractivity contribution in [2.45, 2.75) is 13.0 Å². The maximum absolute atomic E-state index is 13.0. The van der Waals surface area contributed by atoms with E-state index in [0.29, 0.717) is 11.3 Å². The Kier molecular flexibility index (Phi) is 9.03. The SMILES string of the molecule is COc1cc(/C=C(/C#N)C(=O)N[C@H](C)c2ccccc2)cc(Cl)c1OCC(=O)Nc1ccc(F)cc1. The van der Waals surface area contributed by atoms with Gasteiger partial charge < -0.3 is 20.1 Å². The van der Waals surface area contributed by atoms with Crippen molar-refractivity contribution in [3.63, 3.8) is 0 Å². The highest BCUT2D eigenvalue weighted by Crippen LogP contribution is 2.37. The van der Waals surface area contributed by atoms with Gasteiger partial charge in [0, 0.05) is 5.69 Å². The van der Waals surface area contributed by atoms with Crippen LogP contribution in [-0.4, -0.2) is 25.5 Å². The minimum Gasteiger partial charge on any atom is -0.493 e. The largest absolute Gasteiger partial charge is 0.493 e. The summed E-state index contributed by atoms with van der Waals surface area (Å²) in [6.07, 6.45) is 1.38. The summed E-state index contributed by atoms with van der Waals surface area (Å²) in [6, 6.07) is 19.3. The fourth-order valence-electron chi connectivity index (χ4n) is 3.25. The van der Waals surface area contributed by atoms with Crippen molar-refractivity contribution in [2.75, 3.05) is 19.0 Å². The molecule has 0 fully saturated rings. The van der Waals surface area contributed by atoms with Crippen molar-refractivity contribution in [1.82, 2.24) is 5.32 Å². The van der Waals surface area contributed by atoms with Gasteiger partial charge in [-0.2, -0.15) is 5.26 Å². The highest BCUT2D eigenvalue weighted by atomic mass is 35.5. The number of halogens is 2. The molecule has 184 valence electrons. The van der Waals surface area contributed by atoms with Crippen LogP contribution in [0.2, 0.25) is 5.02 Å². The fraction of sp³-hybridized carbons (Fsp3) is 0.148. The average Bonchev–Trinajstić information content (AvgIpc) is 2.88. The number of nitrogens with one attached hydrogen (secondary N) is 2. The lowest BCUT2D eigenvalue weighted by Gasteiger charge is -2.15. The fourth-order valence-corrected chi connectivity index (χ4v) is 3.52. The standard InChI is InChI=1S/C27H23ClFN3O4/c1-17(19-6-4-3-5-7-19)31-27(34)20(15-30)12-18-13-23(28)26(24(14-18)35-2)36-16-25(33)32-22-10-8-21(29)9-11-22/h3-14,17H,16H2,1-2H3,(H,31,34)(H,32,33)/b20-12-/t17-/m1/s1. The van der Waals surface area contributed by atoms with Crippen LogP contribution in [0.5, 0.6) is 11.5 Å². The van der Waals surface area contributed by atoms with Crippen LogP contribution in [0.25, 0.3) is 6.08 Å². The number of hydrogen-bond donors (Lipinski definition) is 2. The van der Waals surface area contributed by atoms with Crippen molar-refractivity contribution >= 4 is 35.2 Å². The first-order valence-corrected chi connectivity index (χ1v) is 11.2. The van der Waals surface area contributed by atoms with E-state index in [0.717, 1.165) is 5.56 Å². The number of carbonyl (C=O) groups is 2. The van der Waals surface area contributed by atoms with Crippen LogP contribution in [0, 0.1) is 17.1 Å². The molecular weight excluding hydrogens is 485 g/mol. The van der Waals surface area contributed by atoms with E-state index in [-0.39, 0.29) is 34.7 Å². The zero-order chi connectivity index (χ0) is 26.1. The summed E-state index contributed by atoms with van der Waals surface area (Å²) in [4.78, 5) is 24.9. The van der Waals surface area contributed by atoms with Crippen LogP contribution in [0.1, 0.15) is 24.1 Å². The molecule has 3 aromatic rings. The maximum Gasteiger partial charge on any atom is 0.262 e. The quantitative estimate of drug-likeness (QED) is 0.303. The zero-order valence-electron chi connectivity index (χ0n) is 19.5. The number of amides is 2. The van der Waals surface area contributed by atoms with Gasteiger partial charge in [-0.25, -0.2) is 4.39 Å². The lowest BCUT2D eigenvalue weighted by Crippen LogP contribution is -2.27. The van der Waals surface area contributed by atoms with Crippen LogP contribution in [0.15, 0.2) is 72.3 Å². The van der Waals surface area contributed by atoms with Crippen LogP contribution >= 0.6 is 11.6 Å². The van der Waals surface area contributed by atoms with Gasteiger partial charge in [0.2, 0.25) is 0 Å². The Morgan fingerprint density at radius 2 is 1.83 bits per heavy atom. The molecule has 7 nitrogen and oxygen atoms in total. The van der Waals surface area contributed by atoms with Crippen molar-refractivity contribution in [1.29, 1.82) is 5.26 Å². The van der Waals surface area contributed by atoms with E-state index in [1.165, 1.54) is 49.6 Å². The van der Waals surface area contributed by atoms with Gasteiger partial charge in [-0.3, -0.25) is 9.59 Å². The van der Waals surface area contributed by atoms with E-state index in [1.54, 1.807) is 0 Å². The normalized spacial score (nSPS) is 11.7. The van der Waals surface area contributed by atoms with Crippen molar-refractivity contribution < 1.29 is 23.5 Å². The first kappa shape index (κ1) is 26.3. The van der Waals surface area contributed by atoms with Crippen LogP contribution in [0.4, 0.5) is 10.1 Å². The maximum atomic E-state index is 13.0. The van der Waals surface area contributed by atoms with E-state index >= 15 is 0 Å². The molecule has 0 aromatic heterocycles. The number of rotatable bonds is 9. The number of anilines is 1. The zero-order valence-corrected chi connectivity index (χ0v) is 20.3. The number of hydrogen-bond acceptors (Lipinski definition) is 5. The first-order valence-electron chi connectivity index (χ1n) is 10.8. The summed E-state index contributed by atoms with van der Waals surface area (Å²) in [7, 11) is 1.39. The summed E-state index contributed by atoms with van der Waals surface area (Å²) >= 11 is 6.35. The minimum atomic E-state index is -0.540. The molecule has 2 N–H and O–H groups in total. The second kappa shape index (κ2) is 12.4. The average molecular weight is 508 g/mol. The second-order valence-corrected chi connectivity index (χ2v) is 8.06. The summed E-state index contributed by atoms with van der Waals surface area (Å²) in [5.74, 6) is -1.12. The monoisotopic (exact) mass is 507 g/mol. The molecule has 0 saturated carbocycles. The van der Waals surface area contributed by atoms with Gasteiger partial charge in [0.1, 0.15) is 17.5 Å². The molecular formula is C27H23ClFN3O4. The first-order chi connectivity index (χ1) is 17.3. The molecule has 0 aliphatic carbocycles. The molecule has 0 aliphatic rings. The number of nitrogens with zero attached hydrogens (tertiary/aromatic N) is 1. The number of carbonyl (C=O) groups excluding carboxylic acids is 2. The molecule has 0 spiro atoms. The molecule has 9 heteroatoms. The molecule has 0 saturated heterocycles. The van der Waals surface area contributed by atoms with Crippen molar-refractivity contribution in [3.8, 4) is 17.6 Å². The van der Waals surface area contributed by atoms with Gasteiger partial charge in [0.15, 0.2) is 18.1 Å². The van der Waals surface area contributed by atoms with E-state index in [1.807, 2.05) is 43.3 Å². The summed E-state index contributed by atoms with van der Waals surface area (Å²) < 4.78 is 23.9. The Balaban J connectivity index is 1.71. The van der Waals surface area contributed by atoms with E-state index in [4.69, 9.17) is 21.1 Å². The molecule has 3 aromatic carbocycles. The van der Waals surface area contributed by atoms with Gasteiger partial charge >= 0.3 is 0 Å². The molecule has 36 heavy (non-hydrogen) atoms. The third kappa shape index (κ3) is 7.08. The molecule has 2 amide bonds. The minimum absolute atomic E-state index is 0.116. The lowest BCUT2D eigenvalue weighted by molar-refractivity contribution is -0.118. The third-order valence-electron chi connectivity index (χ3n) is 5.05. The van der Waals surface area contributed by atoms with E-state index in [2.05, 4.69) is 10.6 Å². The highest BCUT2D eigenvalue weighted by Gasteiger charge is 2.17. The molecule has 0 heterocycles. The number of ether oxygens (including phenoxy) is 2. The Bertz CT molecular complexity index is 1310. The molecule has 0 unspecified atom stereocenters. The van der Waals surface area contributed by atoms with Crippen molar-refractivity contribution in [2.24, 2.45) is 0 Å². The lowest BCUT2D eigenvalue weighted by atomic mass is 10.1.